The van der Waals surface area contributed by atoms with Gasteiger partial charge in [-0.1, -0.05) is 29.8 Å². The molecule has 0 saturated carbocycles. The highest BCUT2D eigenvalue weighted by atomic mass is 35.5. The van der Waals surface area contributed by atoms with Crippen LogP contribution in [0.5, 0.6) is 0 Å². The molecule has 1 aromatic heterocycles. The van der Waals surface area contributed by atoms with Gasteiger partial charge in [0.15, 0.2) is 0 Å². The third kappa shape index (κ3) is 2.20. The molecule has 1 amide bonds. The monoisotopic (exact) mass is 288 g/mol. The van der Waals surface area contributed by atoms with Gasteiger partial charge in [-0.25, -0.2) is 4.98 Å². The fraction of sp³-hybridized carbons (Fsp3) is 0. The Hall–Kier alpha value is -1.91. The number of amides is 1. The molecule has 0 atom stereocenters. The molecule has 2 N–H and O–H groups in total. The van der Waals surface area contributed by atoms with Crippen molar-refractivity contribution < 1.29 is 4.79 Å². The van der Waals surface area contributed by atoms with Crippen LogP contribution in [0.4, 0.5) is 0 Å². The summed E-state index contributed by atoms with van der Waals surface area (Å²) in [4.78, 5) is 15.7. The van der Waals surface area contributed by atoms with Crippen LogP contribution in [0.25, 0.3) is 20.8 Å². The molecule has 0 bridgehead atoms. The second-order valence-corrected chi connectivity index (χ2v) is 5.48. The van der Waals surface area contributed by atoms with Crippen LogP contribution in [0.3, 0.4) is 0 Å². The molecule has 1 heterocycles. The molecule has 0 aliphatic heterocycles. The van der Waals surface area contributed by atoms with Gasteiger partial charge in [0.2, 0.25) is 5.91 Å². The second-order valence-electron chi connectivity index (χ2n) is 4.05. The molecular formula is C14H9ClN2OS. The summed E-state index contributed by atoms with van der Waals surface area (Å²) < 4.78 is 1.12. The average molecular weight is 289 g/mol. The number of nitrogens with two attached hydrogens (primary N) is 1. The van der Waals surface area contributed by atoms with Gasteiger partial charge in [-0.15, -0.1) is 11.3 Å². The largest absolute Gasteiger partial charge is 0.366 e. The lowest BCUT2D eigenvalue weighted by atomic mass is 10.1. The molecule has 0 fully saturated rings. The van der Waals surface area contributed by atoms with Gasteiger partial charge in [-0.2, -0.15) is 0 Å². The molecule has 94 valence electrons. The first-order valence-electron chi connectivity index (χ1n) is 5.60. The summed E-state index contributed by atoms with van der Waals surface area (Å²) in [5.41, 5.74) is 7.40. The minimum atomic E-state index is -0.527. The van der Waals surface area contributed by atoms with Crippen molar-refractivity contribution in [2.45, 2.75) is 0 Å². The van der Waals surface area contributed by atoms with Gasteiger partial charge >= 0.3 is 0 Å². The normalized spacial score (nSPS) is 10.8. The van der Waals surface area contributed by atoms with Gasteiger partial charge in [-0.3, -0.25) is 4.79 Å². The Balaban J connectivity index is 2.11. The Labute approximate surface area is 118 Å². The summed E-state index contributed by atoms with van der Waals surface area (Å²) in [6.07, 6.45) is 0. The summed E-state index contributed by atoms with van der Waals surface area (Å²) in [6, 6.07) is 13.1. The number of halogens is 1. The van der Waals surface area contributed by atoms with E-state index in [1.807, 2.05) is 30.3 Å². The van der Waals surface area contributed by atoms with E-state index in [-0.39, 0.29) is 0 Å². The maximum Gasteiger partial charge on any atom is 0.250 e. The van der Waals surface area contributed by atoms with Gasteiger partial charge in [0.1, 0.15) is 5.01 Å². The van der Waals surface area contributed by atoms with E-state index >= 15 is 0 Å². The summed E-state index contributed by atoms with van der Waals surface area (Å²) in [5, 5.41) is 1.23. The summed E-state index contributed by atoms with van der Waals surface area (Å²) in [5.74, 6) is -0.527. The van der Waals surface area contributed by atoms with Gasteiger partial charge < -0.3 is 5.73 Å². The molecule has 19 heavy (non-hydrogen) atoms. The highest BCUT2D eigenvalue weighted by molar-refractivity contribution is 7.21. The van der Waals surface area contributed by atoms with Crippen LogP contribution in [-0.2, 0) is 0 Å². The standard InChI is InChI=1S/C14H9ClN2OS/c15-10-7-8(5-6-9(10)13(16)18)14-17-11-3-1-2-4-12(11)19-14/h1-7H,(H2,16,18). The number of carbonyl (C=O) groups is 1. The SMILES string of the molecule is NC(=O)c1ccc(-c2nc3ccccc3s2)cc1Cl. The molecule has 3 aromatic rings. The van der Waals surface area contributed by atoms with Crippen LogP contribution >= 0.6 is 22.9 Å². The van der Waals surface area contributed by atoms with Crippen molar-refractivity contribution in [2.75, 3.05) is 0 Å². The highest BCUT2D eigenvalue weighted by Crippen LogP contribution is 2.32. The van der Waals surface area contributed by atoms with E-state index in [0.29, 0.717) is 10.6 Å². The van der Waals surface area contributed by atoms with Crippen molar-refractivity contribution in [3.8, 4) is 10.6 Å². The van der Waals surface area contributed by atoms with E-state index in [4.69, 9.17) is 17.3 Å². The quantitative estimate of drug-likeness (QED) is 0.781. The van der Waals surface area contributed by atoms with Crippen LogP contribution < -0.4 is 5.73 Å². The number of nitrogens with zero attached hydrogens (tertiary/aromatic N) is 1. The fourth-order valence-corrected chi connectivity index (χ4v) is 3.08. The van der Waals surface area contributed by atoms with Gasteiger partial charge in [0.05, 0.1) is 20.8 Å². The number of primary amides is 1. The van der Waals surface area contributed by atoms with Crippen molar-refractivity contribution in [1.82, 2.24) is 4.98 Å². The maximum atomic E-state index is 11.1. The van der Waals surface area contributed by atoms with Crippen LogP contribution in [-0.4, -0.2) is 10.9 Å². The predicted molar refractivity (Wildman–Crippen MR) is 78.6 cm³/mol. The van der Waals surface area contributed by atoms with Crippen LogP contribution in [0.15, 0.2) is 42.5 Å². The molecule has 0 spiro atoms. The van der Waals surface area contributed by atoms with E-state index in [9.17, 15) is 4.79 Å². The zero-order valence-electron chi connectivity index (χ0n) is 9.76. The molecule has 0 aliphatic rings. The molecule has 0 radical (unpaired) electrons. The average Bonchev–Trinajstić information content (AvgIpc) is 2.81. The predicted octanol–water partition coefficient (Wildman–Crippen LogP) is 3.72. The van der Waals surface area contributed by atoms with Crippen molar-refractivity contribution in [2.24, 2.45) is 5.73 Å². The Morgan fingerprint density at radius 3 is 2.68 bits per heavy atom. The first kappa shape index (κ1) is 12.1. The van der Waals surface area contributed by atoms with Crippen LogP contribution in [0, 0.1) is 0 Å². The Bertz CT molecular complexity index is 749. The van der Waals surface area contributed by atoms with E-state index in [1.165, 1.54) is 0 Å². The van der Waals surface area contributed by atoms with Crippen molar-refractivity contribution in [1.29, 1.82) is 0 Å². The first-order valence-corrected chi connectivity index (χ1v) is 6.80. The summed E-state index contributed by atoms with van der Waals surface area (Å²) in [6.45, 7) is 0. The van der Waals surface area contributed by atoms with Crippen molar-refractivity contribution in [3.63, 3.8) is 0 Å². The Kier molecular flexibility index (Phi) is 2.97. The maximum absolute atomic E-state index is 11.1. The lowest BCUT2D eigenvalue weighted by molar-refractivity contribution is 0.100. The molecule has 2 aromatic carbocycles. The molecule has 5 heteroatoms. The second kappa shape index (κ2) is 4.64. The smallest absolute Gasteiger partial charge is 0.250 e. The third-order valence-electron chi connectivity index (χ3n) is 2.78. The third-order valence-corrected chi connectivity index (χ3v) is 4.17. The number of thiazole rings is 1. The number of benzene rings is 2. The van der Waals surface area contributed by atoms with Gasteiger partial charge in [0, 0.05) is 5.56 Å². The minimum absolute atomic E-state index is 0.325. The topological polar surface area (TPSA) is 56.0 Å². The summed E-state index contributed by atoms with van der Waals surface area (Å²) in [7, 11) is 0. The van der Waals surface area contributed by atoms with E-state index in [0.717, 1.165) is 20.8 Å². The lowest BCUT2D eigenvalue weighted by Gasteiger charge is -2.01. The number of rotatable bonds is 2. The number of aromatic nitrogens is 1. The van der Waals surface area contributed by atoms with Gasteiger partial charge in [0.25, 0.3) is 0 Å². The van der Waals surface area contributed by atoms with Crippen molar-refractivity contribution >= 4 is 39.1 Å². The lowest BCUT2D eigenvalue weighted by Crippen LogP contribution is -2.11. The van der Waals surface area contributed by atoms with E-state index < -0.39 is 5.91 Å². The summed E-state index contributed by atoms with van der Waals surface area (Å²) >= 11 is 7.64. The van der Waals surface area contributed by atoms with Crippen LogP contribution in [0.2, 0.25) is 5.02 Å². The molecule has 0 unspecified atom stereocenters. The minimum Gasteiger partial charge on any atom is -0.366 e. The molecular weight excluding hydrogens is 280 g/mol. The number of hydrogen-bond acceptors (Lipinski definition) is 3. The number of hydrogen-bond donors (Lipinski definition) is 1. The van der Waals surface area contributed by atoms with E-state index in [2.05, 4.69) is 4.98 Å². The number of para-hydroxylation sites is 1. The Morgan fingerprint density at radius 2 is 2.00 bits per heavy atom. The first-order chi connectivity index (χ1) is 9.15. The van der Waals surface area contributed by atoms with Crippen LogP contribution in [0.1, 0.15) is 10.4 Å². The fourth-order valence-electron chi connectivity index (χ4n) is 1.84. The highest BCUT2D eigenvalue weighted by Gasteiger charge is 2.10. The Morgan fingerprint density at radius 1 is 1.21 bits per heavy atom. The van der Waals surface area contributed by atoms with Crippen molar-refractivity contribution in [3.05, 3.63) is 53.1 Å². The molecule has 0 saturated heterocycles. The number of carbonyl (C=O) groups excluding carboxylic acids is 1. The number of fused-ring (bicyclic) bond motifs is 1. The zero-order chi connectivity index (χ0) is 13.4. The van der Waals surface area contributed by atoms with Gasteiger partial charge in [-0.05, 0) is 24.3 Å². The molecule has 3 nitrogen and oxygen atoms in total. The zero-order valence-corrected chi connectivity index (χ0v) is 11.3. The van der Waals surface area contributed by atoms with E-state index in [1.54, 1.807) is 23.5 Å². The molecule has 3 rings (SSSR count). The molecule has 0 aliphatic carbocycles.